The van der Waals surface area contributed by atoms with Gasteiger partial charge in [0.1, 0.15) is 4.88 Å². The highest BCUT2D eigenvalue weighted by atomic mass is 35.5. The summed E-state index contributed by atoms with van der Waals surface area (Å²) in [5.41, 5.74) is 0.882. The Kier molecular flexibility index (Phi) is 4.19. The van der Waals surface area contributed by atoms with E-state index in [1.807, 2.05) is 48.5 Å². The van der Waals surface area contributed by atoms with Crippen LogP contribution in [0.3, 0.4) is 0 Å². The summed E-state index contributed by atoms with van der Waals surface area (Å²) in [5, 5.41) is 11.1. The molecule has 0 aliphatic heterocycles. The molecule has 21 heavy (non-hydrogen) atoms. The van der Waals surface area contributed by atoms with Crippen LogP contribution in [0.4, 0.5) is 0 Å². The van der Waals surface area contributed by atoms with Crippen LogP contribution in [-0.4, -0.2) is 11.1 Å². The van der Waals surface area contributed by atoms with E-state index < -0.39 is 5.97 Å². The van der Waals surface area contributed by atoms with Gasteiger partial charge in [-0.25, -0.2) is 4.79 Å². The molecule has 1 N–H and O–H groups in total. The summed E-state index contributed by atoms with van der Waals surface area (Å²) in [6.07, 6.45) is 0. The second-order valence-corrected chi connectivity index (χ2v) is 6.99. The number of fused-ring (bicyclic) bond motifs is 1. The average Bonchev–Trinajstić information content (AvgIpc) is 2.84. The summed E-state index contributed by atoms with van der Waals surface area (Å²) in [7, 11) is 0. The summed E-state index contributed by atoms with van der Waals surface area (Å²) >= 11 is 8.91. The maximum absolute atomic E-state index is 11.4. The molecular weight excluding hydrogens is 324 g/mol. The number of carbonyl (C=O) groups is 1. The van der Waals surface area contributed by atoms with Gasteiger partial charge in [-0.15, -0.1) is 23.1 Å². The minimum atomic E-state index is -0.863. The summed E-state index contributed by atoms with van der Waals surface area (Å²) in [6, 6.07) is 15.4. The van der Waals surface area contributed by atoms with Crippen molar-refractivity contribution in [1.82, 2.24) is 0 Å². The van der Waals surface area contributed by atoms with Gasteiger partial charge in [-0.2, -0.15) is 0 Å². The standard InChI is InChI=1S/C16H11ClO2S2/c17-10-4-3-5-11(8-10)20-9-13-12-6-1-2-7-14(12)21-15(13)16(18)19/h1-8H,9H2,(H,18,19). The number of halogens is 1. The number of thiophene rings is 1. The van der Waals surface area contributed by atoms with E-state index in [2.05, 4.69) is 0 Å². The van der Waals surface area contributed by atoms with Crippen molar-refractivity contribution in [3.05, 3.63) is 64.0 Å². The van der Waals surface area contributed by atoms with Crippen LogP contribution in [0.25, 0.3) is 10.1 Å². The fourth-order valence-electron chi connectivity index (χ4n) is 2.13. The van der Waals surface area contributed by atoms with E-state index in [0.29, 0.717) is 15.7 Å². The first kappa shape index (κ1) is 14.4. The van der Waals surface area contributed by atoms with Crippen molar-refractivity contribution in [3.8, 4) is 0 Å². The lowest BCUT2D eigenvalue weighted by molar-refractivity contribution is 0.0701. The van der Waals surface area contributed by atoms with E-state index in [0.717, 1.165) is 20.5 Å². The maximum Gasteiger partial charge on any atom is 0.346 e. The molecule has 0 spiro atoms. The van der Waals surface area contributed by atoms with Crippen LogP contribution in [-0.2, 0) is 5.75 Å². The first-order valence-electron chi connectivity index (χ1n) is 6.27. The predicted octanol–water partition coefficient (Wildman–Crippen LogP) is 5.55. The molecule has 106 valence electrons. The van der Waals surface area contributed by atoms with E-state index in [1.165, 1.54) is 11.3 Å². The van der Waals surface area contributed by atoms with E-state index in [-0.39, 0.29) is 0 Å². The number of hydrogen-bond donors (Lipinski definition) is 1. The van der Waals surface area contributed by atoms with Crippen molar-refractivity contribution < 1.29 is 9.90 Å². The second kappa shape index (κ2) is 6.10. The van der Waals surface area contributed by atoms with Crippen molar-refractivity contribution in [1.29, 1.82) is 0 Å². The summed E-state index contributed by atoms with van der Waals surface area (Å²) in [4.78, 5) is 12.9. The Hall–Kier alpha value is -1.49. The quantitative estimate of drug-likeness (QED) is 0.636. The molecule has 0 atom stereocenters. The molecule has 0 bridgehead atoms. The molecule has 1 heterocycles. The molecule has 0 saturated carbocycles. The van der Waals surface area contributed by atoms with Gasteiger partial charge in [0.2, 0.25) is 0 Å². The van der Waals surface area contributed by atoms with Crippen molar-refractivity contribution in [2.75, 3.05) is 0 Å². The predicted molar refractivity (Wildman–Crippen MR) is 89.8 cm³/mol. The van der Waals surface area contributed by atoms with E-state index >= 15 is 0 Å². The molecule has 0 unspecified atom stereocenters. The Balaban J connectivity index is 1.95. The molecule has 0 aliphatic rings. The monoisotopic (exact) mass is 334 g/mol. The molecule has 0 radical (unpaired) electrons. The largest absolute Gasteiger partial charge is 0.477 e. The highest BCUT2D eigenvalue weighted by molar-refractivity contribution is 7.98. The van der Waals surface area contributed by atoms with E-state index in [4.69, 9.17) is 11.6 Å². The van der Waals surface area contributed by atoms with Crippen molar-refractivity contribution in [3.63, 3.8) is 0 Å². The van der Waals surface area contributed by atoms with Crippen LogP contribution in [0.1, 0.15) is 15.2 Å². The summed E-state index contributed by atoms with van der Waals surface area (Å²) in [5.74, 6) is -0.246. The lowest BCUT2D eigenvalue weighted by Crippen LogP contribution is -1.96. The minimum absolute atomic E-state index is 0.422. The van der Waals surface area contributed by atoms with Crippen LogP contribution in [0.2, 0.25) is 5.02 Å². The SMILES string of the molecule is O=C(O)c1sc2ccccc2c1CSc1cccc(Cl)c1. The van der Waals surface area contributed by atoms with Gasteiger partial charge in [0.25, 0.3) is 0 Å². The lowest BCUT2D eigenvalue weighted by Gasteiger charge is -2.03. The Bertz CT molecular complexity index is 811. The van der Waals surface area contributed by atoms with Gasteiger partial charge in [-0.3, -0.25) is 0 Å². The molecular formula is C16H11ClO2S2. The van der Waals surface area contributed by atoms with Crippen LogP contribution in [0.5, 0.6) is 0 Å². The fraction of sp³-hybridized carbons (Fsp3) is 0.0625. The summed E-state index contributed by atoms with van der Waals surface area (Å²) in [6.45, 7) is 0. The Morgan fingerprint density at radius 1 is 1.19 bits per heavy atom. The third kappa shape index (κ3) is 3.07. The van der Waals surface area contributed by atoms with Gasteiger partial charge in [0.15, 0.2) is 0 Å². The van der Waals surface area contributed by atoms with Crippen molar-refractivity contribution in [2.24, 2.45) is 0 Å². The number of thioether (sulfide) groups is 1. The highest BCUT2D eigenvalue weighted by Crippen LogP contribution is 2.36. The van der Waals surface area contributed by atoms with Crippen molar-refractivity contribution >= 4 is 50.8 Å². The van der Waals surface area contributed by atoms with Crippen LogP contribution < -0.4 is 0 Å². The van der Waals surface area contributed by atoms with Crippen LogP contribution in [0.15, 0.2) is 53.4 Å². The number of carboxylic acid groups (broad SMARTS) is 1. The molecule has 5 heteroatoms. The molecule has 2 aromatic carbocycles. The molecule has 0 saturated heterocycles. The van der Waals surface area contributed by atoms with Gasteiger partial charge < -0.3 is 5.11 Å². The Labute approximate surface area is 135 Å². The average molecular weight is 335 g/mol. The normalized spacial score (nSPS) is 10.9. The Morgan fingerprint density at radius 3 is 2.76 bits per heavy atom. The summed E-state index contributed by atoms with van der Waals surface area (Å²) < 4.78 is 1.01. The topological polar surface area (TPSA) is 37.3 Å². The van der Waals surface area contributed by atoms with Crippen molar-refractivity contribution in [2.45, 2.75) is 10.6 Å². The molecule has 0 fully saturated rings. The second-order valence-electron chi connectivity index (χ2n) is 4.46. The first-order chi connectivity index (χ1) is 10.1. The molecule has 0 aliphatic carbocycles. The molecule has 3 aromatic rings. The van der Waals surface area contributed by atoms with Crippen LogP contribution in [0, 0.1) is 0 Å². The molecule has 2 nitrogen and oxygen atoms in total. The zero-order valence-corrected chi connectivity index (χ0v) is 13.3. The van der Waals surface area contributed by atoms with E-state index in [9.17, 15) is 9.90 Å². The zero-order valence-electron chi connectivity index (χ0n) is 10.9. The minimum Gasteiger partial charge on any atom is -0.477 e. The van der Waals surface area contributed by atoms with Gasteiger partial charge in [0, 0.05) is 20.4 Å². The van der Waals surface area contributed by atoms with Crippen LogP contribution >= 0.6 is 34.7 Å². The third-order valence-corrected chi connectivity index (χ3v) is 5.53. The van der Waals surface area contributed by atoms with Gasteiger partial charge in [0.05, 0.1) is 0 Å². The third-order valence-electron chi connectivity index (χ3n) is 3.07. The zero-order chi connectivity index (χ0) is 14.8. The molecule has 0 amide bonds. The number of hydrogen-bond acceptors (Lipinski definition) is 3. The number of carboxylic acids is 1. The maximum atomic E-state index is 11.4. The highest BCUT2D eigenvalue weighted by Gasteiger charge is 2.17. The van der Waals surface area contributed by atoms with Gasteiger partial charge in [-0.1, -0.05) is 35.9 Å². The van der Waals surface area contributed by atoms with Gasteiger partial charge in [-0.05, 0) is 35.2 Å². The van der Waals surface area contributed by atoms with E-state index in [1.54, 1.807) is 11.8 Å². The number of benzene rings is 2. The number of aromatic carboxylic acids is 1. The molecule has 3 rings (SSSR count). The van der Waals surface area contributed by atoms with Gasteiger partial charge >= 0.3 is 5.97 Å². The lowest BCUT2D eigenvalue weighted by atomic mass is 10.1. The fourth-order valence-corrected chi connectivity index (χ4v) is 4.53. The smallest absolute Gasteiger partial charge is 0.346 e. The molecule has 1 aromatic heterocycles. The Morgan fingerprint density at radius 2 is 2.00 bits per heavy atom. The first-order valence-corrected chi connectivity index (χ1v) is 8.45. The number of rotatable bonds is 4.